The van der Waals surface area contributed by atoms with Crippen LogP contribution in [-0.4, -0.2) is 0 Å². The smallest absolute Gasteiger partial charge is 0.0449 e. The van der Waals surface area contributed by atoms with Crippen molar-refractivity contribution in [3.63, 3.8) is 0 Å². The van der Waals surface area contributed by atoms with Crippen molar-refractivity contribution in [1.29, 1.82) is 0 Å². The van der Waals surface area contributed by atoms with Gasteiger partial charge in [0.25, 0.3) is 0 Å². The molecule has 0 amide bonds. The van der Waals surface area contributed by atoms with E-state index in [0.717, 1.165) is 0 Å². The minimum atomic E-state index is -0.252. The van der Waals surface area contributed by atoms with Gasteiger partial charge in [-0.25, -0.2) is 0 Å². The zero-order valence-corrected chi connectivity index (χ0v) is 25.3. The molecule has 0 fully saturated rings. The van der Waals surface area contributed by atoms with Gasteiger partial charge < -0.3 is 0 Å². The summed E-state index contributed by atoms with van der Waals surface area (Å²) >= 11 is 2.00. The van der Waals surface area contributed by atoms with Crippen molar-refractivity contribution in [2.24, 2.45) is 0 Å². The highest BCUT2D eigenvalue weighted by atomic mass is 32.1. The molecule has 6 bridgehead atoms. The quantitative estimate of drug-likeness (QED) is 0.171. The van der Waals surface area contributed by atoms with Crippen molar-refractivity contribution < 1.29 is 0 Å². The first kappa shape index (κ1) is 24.0. The number of hydrogen-bond donors (Lipinski definition) is 0. The standard InChI is InChI=1S/C42H30S/c1-41(2)24-18-20-27-26-10-4-5-12-30(26)38(34(27)22-24)33-15-8-13-31-32-14-9-17-36(40(32)43-39(31)33)42(3)35-16-7-6-11-28(35)29-21-19-25(41)23-37(29)42/h4-23,38H,1-3H3. The number of rotatable bonds is 0. The van der Waals surface area contributed by atoms with E-state index in [1.165, 1.54) is 86.9 Å². The van der Waals surface area contributed by atoms with Crippen molar-refractivity contribution in [2.45, 2.75) is 37.5 Å². The maximum atomic E-state index is 2.54. The predicted octanol–water partition coefficient (Wildman–Crippen LogP) is 11.2. The van der Waals surface area contributed by atoms with E-state index in [1.807, 2.05) is 11.3 Å². The molecule has 2 atom stereocenters. The third kappa shape index (κ3) is 2.83. The van der Waals surface area contributed by atoms with Gasteiger partial charge in [-0.05, 0) is 73.7 Å². The predicted molar refractivity (Wildman–Crippen MR) is 182 cm³/mol. The second-order valence-corrected chi connectivity index (χ2v) is 14.4. The van der Waals surface area contributed by atoms with Crippen LogP contribution >= 0.6 is 11.3 Å². The third-order valence-corrected chi connectivity index (χ3v) is 12.4. The Kier molecular flexibility index (Phi) is 4.43. The fourth-order valence-corrected chi connectivity index (χ4v) is 10.2. The van der Waals surface area contributed by atoms with Crippen LogP contribution in [0.15, 0.2) is 121 Å². The lowest BCUT2D eigenvalue weighted by Crippen LogP contribution is -2.24. The molecule has 0 saturated heterocycles. The molecule has 2 heterocycles. The second kappa shape index (κ2) is 7.92. The molecule has 6 aromatic carbocycles. The average Bonchev–Trinajstić information content (AvgIpc) is 3.67. The van der Waals surface area contributed by atoms with Crippen LogP contribution < -0.4 is 0 Å². The first-order valence-corrected chi connectivity index (χ1v) is 16.2. The summed E-state index contributed by atoms with van der Waals surface area (Å²) in [7, 11) is 0. The van der Waals surface area contributed by atoms with Crippen molar-refractivity contribution in [3.8, 4) is 22.3 Å². The van der Waals surface area contributed by atoms with Gasteiger partial charge in [-0.3, -0.25) is 0 Å². The molecule has 0 N–H and O–H groups in total. The number of fused-ring (bicyclic) bond motifs is 11. The van der Waals surface area contributed by atoms with Crippen molar-refractivity contribution in [3.05, 3.63) is 166 Å². The molecule has 1 aliphatic heterocycles. The average molecular weight is 567 g/mol. The third-order valence-electron chi connectivity index (χ3n) is 11.1. The van der Waals surface area contributed by atoms with Crippen LogP contribution in [-0.2, 0) is 10.8 Å². The molecule has 2 aliphatic carbocycles. The van der Waals surface area contributed by atoms with E-state index in [2.05, 4.69) is 142 Å². The van der Waals surface area contributed by atoms with E-state index < -0.39 is 0 Å². The maximum Gasteiger partial charge on any atom is 0.0449 e. The summed E-state index contributed by atoms with van der Waals surface area (Å²) in [5.41, 5.74) is 16.4. The Hall–Kier alpha value is -4.46. The summed E-state index contributed by atoms with van der Waals surface area (Å²) in [5.74, 6) is 0.214. The molecule has 0 spiro atoms. The number of benzene rings is 6. The lowest BCUT2D eigenvalue weighted by molar-refractivity contribution is 0.634. The summed E-state index contributed by atoms with van der Waals surface area (Å²) in [6.45, 7) is 7.29. The van der Waals surface area contributed by atoms with Gasteiger partial charge >= 0.3 is 0 Å². The van der Waals surface area contributed by atoms with E-state index in [4.69, 9.17) is 0 Å². The van der Waals surface area contributed by atoms with Crippen LogP contribution in [0.5, 0.6) is 0 Å². The molecule has 43 heavy (non-hydrogen) atoms. The van der Waals surface area contributed by atoms with Gasteiger partial charge in [0.1, 0.15) is 0 Å². The van der Waals surface area contributed by atoms with Crippen LogP contribution in [0.3, 0.4) is 0 Å². The fraction of sp³-hybridized carbons (Fsp3) is 0.143. The molecular weight excluding hydrogens is 537 g/mol. The van der Waals surface area contributed by atoms with Crippen LogP contribution in [0.4, 0.5) is 0 Å². The first-order chi connectivity index (χ1) is 21.0. The summed E-state index contributed by atoms with van der Waals surface area (Å²) in [6, 6.07) is 46.9. The minimum Gasteiger partial charge on any atom is -0.135 e. The minimum absolute atomic E-state index is 0.159. The highest BCUT2D eigenvalue weighted by Crippen LogP contribution is 2.57. The van der Waals surface area contributed by atoms with Gasteiger partial charge in [0.2, 0.25) is 0 Å². The lowest BCUT2D eigenvalue weighted by atomic mass is 9.71. The van der Waals surface area contributed by atoms with Gasteiger partial charge in [-0.1, -0.05) is 135 Å². The molecule has 10 rings (SSSR count). The number of thiophene rings is 1. The molecule has 0 saturated carbocycles. The van der Waals surface area contributed by atoms with E-state index in [9.17, 15) is 0 Å². The Morgan fingerprint density at radius 1 is 0.465 bits per heavy atom. The Balaban J connectivity index is 1.41. The Morgan fingerprint density at radius 3 is 1.93 bits per heavy atom. The molecule has 0 radical (unpaired) electrons. The first-order valence-electron chi connectivity index (χ1n) is 15.4. The van der Waals surface area contributed by atoms with Crippen molar-refractivity contribution in [2.75, 3.05) is 0 Å². The highest BCUT2D eigenvalue weighted by Gasteiger charge is 2.43. The zero-order chi connectivity index (χ0) is 28.7. The molecule has 2 unspecified atom stereocenters. The van der Waals surface area contributed by atoms with Crippen LogP contribution in [0.1, 0.15) is 71.2 Å². The zero-order valence-electron chi connectivity index (χ0n) is 24.5. The summed E-state index contributed by atoms with van der Waals surface area (Å²) in [4.78, 5) is 0. The molecule has 7 aromatic rings. The lowest BCUT2D eigenvalue weighted by Gasteiger charge is -2.32. The SMILES string of the molecule is CC1(C)c2ccc3c(c2)C(c2ccccc2-3)c2cccc3c2sc2c(cccc23)C2(C)c3ccccc3-c3ccc1cc32. The Bertz CT molecular complexity index is 2350. The normalized spacial score (nSPS) is 20.0. The van der Waals surface area contributed by atoms with E-state index in [0.29, 0.717) is 0 Å². The topological polar surface area (TPSA) is 0 Å². The van der Waals surface area contributed by atoms with Crippen LogP contribution in [0.25, 0.3) is 42.4 Å². The Morgan fingerprint density at radius 2 is 1.07 bits per heavy atom. The fourth-order valence-electron chi connectivity index (χ4n) is 8.73. The van der Waals surface area contributed by atoms with Gasteiger partial charge in [-0.2, -0.15) is 0 Å². The highest BCUT2D eigenvalue weighted by molar-refractivity contribution is 7.26. The van der Waals surface area contributed by atoms with Gasteiger partial charge in [0, 0.05) is 36.9 Å². The van der Waals surface area contributed by atoms with Gasteiger partial charge in [0.15, 0.2) is 0 Å². The summed E-state index contributed by atoms with van der Waals surface area (Å²) in [5, 5.41) is 2.75. The molecule has 204 valence electrons. The molecule has 0 nitrogen and oxygen atoms in total. The van der Waals surface area contributed by atoms with Crippen LogP contribution in [0, 0.1) is 0 Å². The molecule has 1 aromatic heterocycles. The van der Waals surface area contributed by atoms with Crippen LogP contribution in [0.2, 0.25) is 0 Å². The van der Waals surface area contributed by atoms with E-state index in [1.54, 1.807) is 0 Å². The van der Waals surface area contributed by atoms with Crippen molar-refractivity contribution in [1.82, 2.24) is 0 Å². The van der Waals surface area contributed by atoms with E-state index >= 15 is 0 Å². The largest absolute Gasteiger partial charge is 0.135 e. The maximum absolute atomic E-state index is 2.54. The monoisotopic (exact) mass is 566 g/mol. The Labute approximate surface area is 256 Å². The molecular formula is C42H30S. The van der Waals surface area contributed by atoms with Gasteiger partial charge in [0.05, 0.1) is 0 Å². The van der Waals surface area contributed by atoms with E-state index in [-0.39, 0.29) is 16.7 Å². The second-order valence-electron chi connectivity index (χ2n) is 13.4. The van der Waals surface area contributed by atoms with Crippen molar-refractivity contribution >= 4 is 31.5 Å². The number of hydrogen-bond acceptors (Lipinski definition) is 1. The molecule has 3 aliphatic rings. The molecule has 1 heteroatoms. The van der Waals surface area contributed by atoms with Gasteiger partial charge in [-0.15, -0.1) is 11.3 Å². The summed E-state index contributed by atoms with van der Waals surface area (Å²) in [6.07, 6.45) is 0. The summed E-state index contributed by atoms with van der Waals surface area (Å²) < 4.78 is 2.83.